The zero-order chi connectivity index (χ0) is 14.8. The Bertz CT molecular complexity index is 385. The molecule has 0 aromatic heterocycles. The highest BCUT2D eigenvalue weighted by Crippen LogP contribution is 2.35. The summed E-state index contributed by atoms with van der Waals surface area (Å²) < 4.78 is 0. The molecule has 7 heteroatoms. The molecule has 20 heavy (non-hydrogen) atoms. The molecule has 6 nitrogen and oxygen atoms in total. The molecule has 114 valence electrons. The van der Waals surface area contributed by atoms with Crippen LogP contribution in [0.1, 0.15) is 19.3 Å². The summed E-state index contributed by atoms with van der Waals surface area (Å²) in [5, 5.41) is 12.1. The van der Waals surface area contributed by atoms with E-state index in [0.717, 1.165) is 18.6 Å². The Balaban J connectivity index is 1.92. The smallest absolute Gasteiger partial charge is 0.327 e. The van der Waals surface area contributed by atoms with Crippen molar-refractivity contribution in [3.05, 3.63) is 0 Å². The zero-order valence-corrected chi connectivity index (χ0v) is 12.9. The van der Waals surface area contributed by atoms with Crippen LogP contribution in [0.3, 0.4) is 0 Å². The first-order valence-electron chi connectivity index (χ1n) is 6.99. The molecule has 0 aromatic carbocycles. The molecule has 1 saturated heterocycles. The van der Waals surface area contributed by atoms with Gasteiger partial charge in [-0.3, -0.25) is 0 Å². The summed E-state index contributed by atoms with van der Waals surface area (Å²) in [6.45, 7) is 1.09. The maximum Gasteiger partial charge on any atom is 0.327 e. The maximum atomic E-state index is 12.2. The van der Waals surface area contributed by atoms with Crippen LogP contribution in [0.2, 0.25) is 0 Å². The highest BCUT2D eigenvalue weighted by molar-refractivity contribution is 7.99. The van der Waals surface area contributed by atoms with E-state index in [9.17, 15) is 14.7 Å². The third kappa shape index (κ3) is 3.03. The number of carboxylic acids is 1. The van der Waals surface area contributed by atoms with Crippen molar-refractivity contribution in [3.63, 3.8) is 0 Å². The van der Waals surface area contributed by atoms with Crippen molar-refractivity contribution in [1.29, 1.82) is 0 Å². The average Bonchev–Trinajstić information content (AvgIpc) is 2.36. The van der Waals surface area contributed by atoms with Gasteiger partial charge in [0.1, 0.15) is 6.04 Å². The van der Waals surface area contributed by atoms with Gasteiger partial charge in [-0.15, -0.1) is 0 Å². The fraction of sp³-hybridized carbons (Fsp3) is 0.846. The molecule has 2 amide bonds. The molecule has 2 N–H and O–H groups in total. The van der Waals surface area contributed by atoms with Gasteiger partial charge in [0.05, 0.1) is 0 Å². The van der Waals surface area contributed by atoms with Crippen molar-refractivity contribution in [2.45, 2.75) is 30.8 Å². The lowest BCUT2D eigenvalue weighted by Crippen LogP contribution is -2.60. The number of hydrogen-bond donors (Lipinski definition) is 2. The van der Waals surface area contributed by atoms with Crippen LogP contribution in [0.5, 0.6) is 0 Å². The van der Waals surface area contributed by atoms with Crippen LogP contribution in [-0.4, -0.2) is 77.2 Å². The first kappa shape index (κ1) is 15.4. The lowest BCUT2D eigenvalue weighted by molar-refractivity contribution is -0.141. The van der Waals surface area contributed by atoms with Crippen molar-refractivity contribution in [3.8, 4) is 0 Å². The number of nitrogens with zero attached hydrogens (tertiary/aromatic N) is 2. The number of hydrogen-bond acceptors (Lipinski definition) is 4. The topological polar surface area (TPSA) is 72.9 Å². The van der Waals surface area contributed by atoms with E-state index in [1.54, 1.807) is 11.8 Å². The van der Waals surface area contributed by atoms with E-state index in [1.807, 2.05) is 14.1 Å². The predicted octanol–water partition coefficient (Wildman–Crippen LogP) is 0.682. The lowest BCUT2D eigenvalue weighted by Gasteiger charge is -2.47. The van der Waals surface area contributed by atoms with Crippen molar-refractivity contribution in [1.82, 2.24) is 15.1 Å². The van der Waals surface area contributed by atoms with E-state index in [2.05, 4.69) is 10.2 Å². The third-order valence-electron chi connectivity index (χ3n) is 4.48. The normalized spacial score (nSPS) is 25.1. The van der Waals surface area contributed by atoms with Crippen LogP contribution >= 0.6 is 11.8 Å². The zero-order valence-electron chi connectivity index (χ0n) is 12.1. The molecule has 2 rings (SSSR count). The second-order valence-electron chi connectivity index (χ2n) is 5.75. The number of carbonyl (C=O) groups excluding carboxylic acids is 1. The number of thioether (sulfide) groups is 1. The minimum atomic E-state index is -0.918. The fourth-order valence-electron chi connectivity index (χ4n) is 2.76. The van der Waals surface area contributed by atoms with Crippen LogP contribution in [0.25, 0.3) is 0 Å². The van der Waals surface area contributed by atoms with Gasteiger partial charge in [-0.2, -0.15) is 11.8 Å². The van der Waals surface area contributed by atoms with E-state index >= 15 is 0 Å². The van der Waals surface area contributed by atoms with Gasteiger partial charge in [0.25, 0.3) is 0 Å². The Morgan fingerprint density at radius 2 is 2.15 bits per heavy atom. The summed E-state index contributed by atoms with van der Waals surface area (Å²) in [5.74, 6) is 0.357. The summed E-state index contributed by atoms with van der Waals surface area (Å²) in [4.78, 5) is 27.1. The SMILES string of the molecule is CN(C)C1(CNC(=O)N2CCSCC2C(=O)O)CCC1. The maximum absolute atomic E-state index is 12.2. The highest BCUT2D eigenvalue weighted by atomic mass is 32.2. The Kier molecular flexibility index (Phi) is 4.80. The van der Waals surface area contributed by atoms with Crippen LogP contribution < -0.4 is 5.32 Å². The molecule has 0 bridgehead atoms. The van der Waals surface area contributed by atoms with Crippen molar-refractivity contribution in [2.24, 2.45) is 0 Å². The van der Waals surface area contributed by atoms with Crippen molar-refractivity contribution in [2.75, 3.05) is 38.7 Å². The first-order valence-corrected chi connectivity index (χ1v) is 8.14. The van der Waals surface area contributed by atoms with Gasteiger partial charge in [-0.25, -0.2) is 9.59 Å². The average molecular weight is 301 g/mol. The molecule has 0 aromatic rings. The largest absolute Gasteiger partial charge is 0.480 e. The van der Waals surface area contributed by atoms with E-state index < -0.39 is 12.0 Å². The summed E-state index contributed by atoms with van der Waals surface area (Å²) >= 11 is 1.59. The van der Waals surface area contributed by atoms with Gasteiger partial charge in [-0.05, 0) is 33.4 Å². The summed E-state index contributed by atoms with van der Waals surface area (Å²) in [7, 11) is 4.06. The molecule has 1 aliphatic heterocycles. The van der Waals surface area contributed by atoms with Gasteiger partial charge in [0.15, 0.2) is 0 Å². The third-order valence-corrected chi connectivity index (χ3v) is 5.50. The number of aliphatic carboxylic acids is 1. The molecule has 0 spiro atoms. The van der Waals surface area contributed by atoms with Crippen molar-refractivity contribution >= 4 is 23.8 Å². The minimum Gasteiger partial charge on any atom is -0.480 e. The predicted molar refractivity (Wildman–Crippen MR) is 79.1 cm³/mol. The van der Waals surface area contributed by atoms with E-state index in [0.29, 0.717) is 18.8 Å². The number of carboxylic acid groups (broad SMARTS) is 1. The Morgan fingerprint density at radius 1 is 1.45 bits per heavy atom. The fourth-order valence-corrected chi connectivity index (χ4v) is 3.80. The number of rotatable bonds is 4. The minimum absolute atomic E-state index is 0.0545. The van der Waals surface area contributed by atoms with E-state index in [-0.39, 0.29) is 11.6 Å². The van der Waals surface area contributed by atoms with Crippen LogP contribution in [0, 0.1) is 0 Å². The van der Waals surface area contributed by atoms with Gasteiger partial charge in [-0.1, -0.05) is 0 Å². The summed E-state index contributed by atoms with van der Waals surface area (Å²) in [5.41, 5.74) is 0.0545. The van der Waals surface area contributed by atoms with Crippen LogP contribution in [0.4, 0.5) is 4.79 Å². The first-order chi connectivity index (χ1) is 9.46. The quantitative estimate of drug-likeness (QED) is 0.799. The molecule has 1 atom stereocenters. The Hall–Kier alpha value is -0.950. The van der Waals surface area contributed by atoms with Gasteiger partial charge < -0.3 is 20.2 Å². The van der Waals surface area contributed by atoms with Crippen molar-refractivity contribution < 1.29 is 14.7 Å². The van der Waals surface area contributed by atoms with Gasteiger partial charge in [0, 0.05) is 30.1 Å². The molecule has 2 fully saturated rings. The Labute approximate surface area is 123 Å². The van der Waals surface area contributed by atoms with Crippen LogP contribution in [-0.2, 0) is 4.79 Å². The molecule has 1 unspecified atom stereocenters. The highest BCUT2D eigenvalue weighted by Gasteiger charge is 2.40. The van der Waals surface area contributed by atoms with E-state index in [1.165, 1.54) is 11.3 Å². The molecule has 1 heterocycles. The van der Waals surface area contributed by atoms with Crippen LogP contribution in [0.15, 0.2) is 0 Å². The summed E-state index contributed by atoms with van der Waals surface area (Å²) in [6.07, 6.45) is 3.35. The molecular formula is C13H23N3O3S. The number of carbonyl (C=O) groups is 2. The standard InChI is InChI=1S/C13H23N3O3S/c1-15(2)13(4-3-5-13)9-14-12(19)16-6-7-20-8-10(16)11(17)18/h10H,3-9H2,1-2H3,(H,14,19)(H,17,18). The monoisotopic (exact) mass is 301 g/mol. The van der Waals surface area contributed by atoms with E-state index in [4.69, 9.17) is 0 Å². The van der Waals surface area contributed by atoms with Gasteiger partial charge >= 0.3 is 12.0 Å². The second kappa shape index (κ2) is 6.22. The molecule has 0 radical (unpaired) electrons. The molecule has 1 aliphatic carbocycles. The molecule has 1 saturated carbocycles. The number of urea groups is 1. The molecular weight excluding hydrogens is 278 g/mol. The number of nitrogens with one attached hydrogen (secondary N) is 1. The van der Waals surface area contributed by atoms with Gasteiger partial charge in [0.2, 0.25) is 0 Å². The second-order valence-corrected chi connectivity index (χ2v) is 6.90. The number of likely N-dealkylation sites (N-methyl/N-ethyl adjacent to an activating group) is 1. The summed E-state index contributed by atoms with van der Waals surface area (Å²) in [6, 6.07) is -0.948. The Morgan fingerprint density at radius 3 is 2.65 bits per heavy atom. The lowest BCUT2D eigenvalue weighted by atomic mass is 9.75. The molecule has 2 aliphatic rings. The number of amides is 2.